The standard InChI is InChI=1S/C15H20N2O6.ClH/c1-2-22-15(18)13-4-3-12(17(19)20)11-14(13)23-10-7-16-5-8-21-9-6-16;/h3-4,11H,2,5-10H2,1H3;1H. The van der Waals surface area contributed by atoms with Gasteiger partial charge in [0.05, 0.1) is 30.8 Å². The molecule has 0 atom stereocenters. The molecule has 24 heavy (non-hydrogen) atoms. The number of rotatable bonds is 7. The predicted octanol–water partition coefficient (Wildman–Crippen LogP) is 1.90. The number of halogens is 1. The lowest BCUT2D eigenvalue weighted by atomic mass is 10.2. The molecule has 1 aliphatic heterocycles. The van der Waals surface area contributed by atoms with Crippen molar-refractivity contribution in [3.8, 4) is 5.75 Å². The van der Waals surface area contributed by atoms with E-state index in [0.29, 0.717) is 26.4 Å². The van der Waals surface area contributed by atoms with E-state index in [1.807, 2.05) is 0 Å². The molecule has 0 amide bonds. The summed E-state index contributed by atoms with van der Waals surface area (Å²) in [5, 5.41) is 10.9. The van der Waals surface area contributed by atoms with E-state index in [2.05, 4.69) is 4.90 Å². The van der Waals surface area contributed by atoms with E-state index in [-0.39, 0.29) is 36.0 Å². The normalized spacial score (nSPS) is 14.5. The van der Waals surface area contributed by atoms with Crippen LogP contribution in [0.5, 0.6) is 5.75 Å². The van der Waals surface area contributed by atoms with Crippen molar-refractivity contribution in [2.75, 3.05) is 46.1 Å². The van der Waals surface area contributed by atoms with Gasteiger partial charge in [0.15, 0.2) is 0 Å². The van der Waals surface area contributed by atoms with Crippen molar-refractivity contribution in [1.82, 2.24) is 4.90 Å². The molecule has 1 aliphatic rings. The molecule has 134 valence electrons. The van der Waals surface area contributed by atoms with Crippen molar-refractivity contribution in [1.29, 1.82) is 0 Å². The van der Waals surface area contributed by atoms with Gasteiger partial charge in [-0.3, -0.25) is 15.0 Å². The molecule has 8 nitrogen and oxygen atoms in total. The van der Waals surface area contributed by atoms with Crippen LogP contribution in [0, 0.1) is 10.1 Å². The van der Waals surface area contributed by atoms with Crippen molar-refractivity contribution in [3.05, 3.63) is 33.9 Å². The van der Waals surface area contributed by atoms with Crippen LogP contribution in [-0.2, 0) is 9.47 Å². The molecule has 1 saturated heterocycles. The summed E-state index contributed by atoms with van der Waals surface area (Å²) < 4.78 is 15.8. The van der Waals surface area contributed by atoms with E-state index < -0.39 is 10.9 Å². The summed E-state index contributed by atoms with van der Waals surface area (Å²) in [6, 6.07) is 3.88. The molecule has 1 fully saturated rings. The van der Waals surface area contributed by atoms with Crippen LogP contribution in [0.4, 0.5) is 5.69 Å². The Morgan fingerprint density at radius 1 is 1.38 bits per heavy atom. The molecule has 0 bridgehead atoms. The zero-order chi connectivity index (χ0) is 16.7. The Kier molecular flexibility index (Phi) is 8.45. The van der Waals surface area contributed by atoms with Crippen molar-refractivity contribution < 1.29 is 23.9 Å². The van der Waals surface area contributed by atoms with Crippen molar-refractivity contribution in [2.24, 2.45) is 0 Å². The molecule has 2 rings (SSSR count). The molecule has 1 aromatic rings. The quantitative estimate of drug-likeness (QED) is 0.416. The molecule has 0 saturated carbocycles. The molecular weight excluding hydrogens is 340 g/mol. The Labute approximate surface area is 146 Å². The number of non-ortho nitro benzene ring substituents is 1. The first-order chi connectivity index (χ1) is 11.1. The minimum atomic E-state index is -0.552. The van der Waals surface area contributed by atoms with E-state index in [1.54, 1.807) is 6.92 Å². The highest BCUT2D eigenvalue weighted by Crippen LogP contribution is 2.25. The van der Waals surface area contributed by atoms with E-state index in [9.17, 15) is 14.9 Å². The summed E-state index contributed by atoms with van der Waals surface area (Å²) in [4.78, 5) is 24.5. The van der Waals surface area contributed by atoms with Crippen LogP contribution in [0.2, 0.25) is 0 Å². The van der Waals surface area contributed by atoms with Crippen LogP contribution in [-0.4, -0.2) is 61.9 Å². The number of benzene rings is 1. The first-order valence-electron chi connectivity index (χ1n) is 7.50. The Morgan fingerprint density at radius 2 is 2.08 bits per heavy atom. The Hall–Kier alpha value is -1.90. The van der Waals surface area contributed by atoms with Gasteiger partial charge in [-0.15, -0.1) is 12.4 Å². The number of nitro benzene ring substituents is 1. The fourth-order valence-electron chi connectivity index (χ4n) is 2.23. The fourth-order valence-corrected chi connectivity index (χ4v) is 2.23. The maximum absolute atomic E-state index is 11.9. The van der Waals surface area contributed by atoms with Gasteiger partial charge in [0.25, 0.3) is 5.69 Å². The first kappa shape index (κ1) is 20.1. The van der Waals surface area contributed by atoms with Crippen LogP contribution >= 0.6 is 12.4 Å². The number of carbonyl (C=O) groups is 1. The zero-order valence-corrected chi connectivity index (χ0v) is 14.3. The summed E-state index contributed by atoms with van der Waals surface area (Å²) in [5.74, 6) is -0.380. The van der Waals surface area contributed by atoms with Gasteiger partial charge in [-0.05, 0) is 13.0 Å². The number of hydrogen-bond acceptors (Lipinski definition) is 7. The number of ether oxygens (including phenoxy) is 3. The Bertz CT molecular complexity index is 563. The van der Waals surface area contributed by atoms with Crippen molar-refractivity contribution in [3.63, 3.8) is 0 Å². The molecule has 0 spiro atoms. The molecule has 0 radical (unpaired) electrons. The van der Waals surface area contributed by atoms with Gasteiger partial charge in [-0.25, -0.2) is 4.79 Å². The van der Waals surface area contributed by atoms with Gasteiger partial charge in [0.2, 0.25) is 0 Å². The number of carbonyl (C=O) groups excluding carboxylic acids is 1. The van der Waals surface area contributed by atoms with Gasteiger partial charge >= 0.3 is 5.97 Å². The van der Waals surface area contributed by atoms with Crippen molar-refractivity contribution in [2.45, 2.75) is 6.92 Å². The molecular formula is C15H21ClN2O6. The summed E-state index contributed by atoms with van der Waals surface area (Å²) in [5.41, 5.74) is 0.0684. The molecule has 1 aromatic carbocycles. The number of morpholine rings is 1. The van der Waals surface area contributed by atoms with Gasteiger partial charge in [-0.2, -0.15) is 0 Å². The molecule has 0 aliphatic carbocycles. The monoisotopic (exact) mass is 360 g/mol. The second kappa shape index (κ2) is 10.1. The highest BCUT2D eigenvalue weighted by atomic mass is 35.5. The average molecular weight is 361 g/mol. The SMILES string of the molecule is CCOC(=O)c1ccc([N+](=O)[O-])cc1OCCN1CCOCC1.Cl. The molecule has 9 heteroatoms. The average Bonchev–Trinajstić information content (AvgIpc) is 2.56. The minimum absolute atomic E-state index is 0. The van der Waals surface area contributed by atoms with E-state index in [0.717, 1.165) is 13.1 Å². The molecule has 0 N–H and O–H groups in total. The number of hydrogen-bond donors (Lipinski definition) is 0. The van der Waals surface area contributed by atoms with Gasteiger partial charge in [0.1, 0.15) is 17.9 Å². The summed E-state index contributed by atoms with van der Waals surface area (Å²) in [6.45, 7) is 5.93. The summed E-state index contributed by atoms with van der Waals surface area (Å²) >= 11 is 0. The lowest BCUT2D eigenvalue weighted by molar-refractivity contribution is -0.384. The third-order valence-corrected chi connectivity index (χ3v) is 3.44. The van der Waals surface area contributed by atoms with Crippen molar-refractivity contribution >= 4 is 24.1 Å². The van der Waals surface area contributed by atoms with Gasteiger partial charge in [0, 0.05) is 25.7 Å². The van der Waals surface area contributed by atoms with Gasteiger partial charge < -0.3 is 14.2 Å². The maximum atomic E-state index is 11.9. The van der Waals surface area contributed by atoms with Crippen LogP contribution in [0.3, 0.4) is 0 Å². The number of nitrogens with zero attached hydrogens (tertiary/aromatic N) is 2. The lowest BCUT2D eigenvalue weighted by Crippen LogP contribution is -2.38. The maximum Gasteiger partial charge on any atom is 0.341 e. The van der Waals surface area contributed by atoms with E-state index >= 15 is 0 Å². The number of esters is 1. The molecule has 0 aromatic heterocycles. The predicted molar refractivity (Wildman–Crippen MR) is 89.1 cm³/mol. The highest BCUT2D eigenvalue weighted by Gasteiger charge is 2.19. The third-order valence-electron chi connectivity index (χ3n) is 3.44. The van der Waals surface area contributed by atoms with Crippen LogP contribution < -0.4 is 4.74 Å². The van der Waals surface area contributed by atoms with Crippen LogP contribution in [0.25, 0.3) is 0 Å². The third kappa shape index (κ3) is 5.63. The topological polar surface area (TPSA) is 91.1 Å². The van der Waals surface area contributed by atoms with E-state index in [1.165, 1.54) is 18.2 Å². The Morgan fingerprint density at radius 3 is 2.71 bits per heavy atom. The van der Waals surface area contributed by atoms with Gasteiger partial charge in [-0.1, -0.05) is 0 Å². The van der Waals surface area contributed by atoms with Crippen LogP contribution in [0.1, 0.15) is 17.3 Å². The fraction of sp³-hybridized carbons (Fsp3) is 0.533. The smallest absolute Gasteiger partial charge is 0.341 e. The highest BCUT2D eigenvalue weighted by molar-refractivity contribution is 5.93. The summed E-state index contributed by atoms with van der Waals surface area (Å²) in [7, 11) is 0. The lowest BCUT2D eigenvalue weighted by Gasteiger charge is -2.26. The van der Waals surface area contributed by atoms with Crippen LogP contribution in [0.15, 0.2) is 18.2 Å². The molecule has 1 heterocycles. The molecule has 0 unspecified atom stereocenters. The summed E-state index contributed by atoms with van der Waals surface area (Å²) in [6.07, 6.45) is 0. The van der Waals surface area contributed by atoms with E-state index in [4.69, 9.17) is 14.2 Å². The zero-order valence-electron chi connectivity index (χ0n) is 13.4. The largest absolute Gasteiger partial charge is 0.491 e. The minimum Gasteiger partial charge on any atom is -0.491 e. The second-order valence-corrected chi connectivity index (χ2v) is 4.96. The second-order valence-electron chi connectivity index (χ2n) is 4.96. The first-order valence-corrected chi connectivity index (χ1v) is 7.50. The number of nitro groups is 1. The Balaban J connectivity index is 0.00000288.